The third-order valence-corrected chi connectivity index (χ3v) is 5.23. The average molecular weight is 476 g/mol. The van der Waals surface area contributed by atoms with Crippen molar-refractivity contribution >= 4 is 11.9 Å². The molecule has 7 nitrogen and oxygen atoms in total. The molecule has 1 unspecified atom stereocenters. The second-order valence-corrected chi connectivity index (χ2v) is 7.85. The van der Waals surface area contributed by atoms with Crippen LogP contribution in [0.1, 0.15) is 50.2 Å². The summed E-state index contributed by atoms with van der Waals surface area (Å²) in [5, 5.41) is 0. The van der Waals surface area contributed by atoms with Crippen LogP contribution in [0.2, 0.25) is 0 Å². The van der Waals surface area contributed by atoms with Crippen LogP contribution in [0.5, 0.6) is 5.75 Å². The Morgan fingerprint density at radius 2 is 1.73 bits per heavy atom. The standard InChI is InChI=1S/C23H32F3NO6/c1-30-14-5-3-2-4-6-15-31-19-9-7-18(8-10-19)20-17-27(13-16-32-20)12-11-21(28)33-22(29)23(24,25)26/h7-10,20H,2-6,11-17H2,1H3. The summed E-state index contributed by atoms with van der Waals surface area (Å²) < 4.78 is 56.9. The fraction of sp³-hybridized carbons (Fsp3) is 0.652. The number of benzene rings is 1. The van der Waals surface area contributed by atoms with E-state index in [2.05, 4.69) is 4.74 Å². The average Bonchev–Trinajstić information content (AvgIpc) is 2.79. The summed E-state index contributed by atoms with van der Waals surface area (Å²) in [4.78, 5) is 24.1. The van der Waals surface area contributed by atoms with E-state index in [1.54, 1.807) is 7.11 Å². The fourth-order valence-corrected chi connectivity index (χ4v) is 3.42. The van der Waals surface area contributed by atoms with Gasteiger partial charge in [-0.15, -0.1) is 0 Å². The van der Waals surface area contributed by atoms with Crippen LogP contribution < -0.4 is 4.74 Å². The molecule has 1 saturated heterocycles. The van der Waals surface area contributed by atoms with Crippen LogP contribution in [0.4, 0.5) is 13.2 Å². The summed E-state index contributed by atoms with van der Waals surface area (Å²) in [6, 6.07) is 7.61. The Kier molecular flexibility index (Phi) is 11.6. The minimum absolute atomic E-state index is 0.177. The number of morpholine rings is 1. The number of esters is 2. The second kappa shape index (κ2) is 14.2. The van der Waals surface area contributed by atoms with Gasteiger partial charge in [-0.25, -0.2) is 4.79 Å². The topological polar surface area (TPSA) is 74.3 Å². The van der Waals surface area contributed by atoms with Crippen molar-refractivity contribution in [3.05, 3.63) is 29.8 Å². The first-order valence-corrected chi connectivity index (χ1v) is 11.2. The molecule has 0 aliphatic carbocycles. The van der Waals surface area contributed by atoms with Crippen LogP contribution in [-0.4, -0.2) is 69.6 Å². The number of methoxy groups -OCH3 is 1. The summed E-state index contributed by atoms with van der Waals surface area (Å²) in [6.45, 7) is 3.07. The zero-order valence-corrected chi connectivity index (χ0v) is 18.9. The maximum Gasteiger partial charge on any atom is 0.491 e. The number of carbonyl (C=O) groups excluding carboxylic acids is 2. The molecule has 1 heterocycles. The number of halogens is 3. The van der Waals surface area contributed by atoms with Crippen molar-refractivity contribution in [2.45, 2.75) is 50.8 Å². The van der Waals surface area contributed by atoms with Crippen molar-refractivity contribution in [3.63, 3.8) is 0 Å². The van der Waals surface area contributed by atoms with E-state index in [-0.39, 0.29) is 19.1 Å². The first-order chi connectivity index (χ1) is 15.8. The number of hydrogen-bond acceptors (Lipinski definition) is 7. The molecule has 1 aromatic rings. The molecule has 0 amide bonds. The molecule has 0 aromatic heterocycles. The fourth-order valence-electron chi connectivity index (χ4n) is 3.42. The molecule has 0 spiro atoms. The quantitative estimate of drug-likeness (QED) is 0.242. The molecule has 2 rings (SSSR count). The van der Waals surface area contributed by atoms with E-state index >= 15 is 0 Å². The first-order valence-electron chi connectivity index (χ1n) is 11.2. The molecule has 0 radical (unpaired) electrons. The first kappa shape index (κ1) is 27.1. The van der Waals surface area contributed by atoms with Gasteiger partial charge in [0.1, 0.15) is 5.75 Å². The van der Waals surface area contributed by atoms with Gasteiger partial charge in [-0.05, 0) is 30.5 Å². The zero-order valence-electron chi connectivity index (χ0n) is 18.9. The molecule has 10 heteroatoms. The lowest BCUT2D eigenvalue weighted by Crippen LogP contribution is -2.39. The monoisotopic (exact) mass is 475 g/mol. The van der Waals surface area contributed by atoms with Crippen molar-refractivity contribution in [1.82, 2.24) is 4.90 Å². The van der Waals surface area contributed by atoms with Crippen LogP contribution in [0.15, 0.2) is 24.3 Å². The number of nitrogens with zero attached hydrogens (tertiary/aromatic N) is 1. The predicted octanol–water partition coefficient (Wildman–Crippen LogP) is 4.06. The Labute approximate surface area is 192 Å². The lowest BCUT2D eigenvalue weighted by Gasteiger charge is -2.33. The molecule has 0 saturated carbocycles. The Morgan fingerprint density at radius 1 is 1.06 bits per heavy atom. The molecule has 1 aliphatic heterocycles. The third-order valence-electron chi connectivity index (χ3n) is 5.23. The van der Waals surface area contributed by atoms with Crippen molar-refractivity contribution in [3.8, 4) is 5.75 Å². The van der Waals surface area contributed by atoms with Gasteiger partial charge >= 0.3 is 18.1 Å². The van der Waals surface area contributed by atoms with Gasteiger partial charge in [0.2, 0.25) is 0 Å². The van der Waals surface area contributed by atoms with Crippen LogP contribution in [0, 0.1) is 0 Å². The van der Waals surface area contributed by atoms with Gasteiger partial charge < -0.3 is 18.9 Å². The van der Waals surface area contributed by atoms with Crippen LogP contribution in [0.25, 0.3) is 0 Å². The van der Waals surface area contributed by atoms with Gasteiger partial charge in [0.15, 0.2) is 0 Å². The summed E-state index contributed by atoms with van der Waals surface area (Å²) in [5.74, 6) is -2.91. The van der Waals surface area contributed by atoms with E-state index < -0.39 is 18.1 Å². The van der Waals surface area contributed by atoms with Crippen molar-refractivity contribution in [1.29, 1.82) is 0 Å². The van der Waals surface area contributed by atoms with Crippen LogP contribution >= 0.6 is 0 Å². The molecule has 0 N–H and O–H groups in total. The summed E-state index contributed by atoms with van der Waals surface area (Å²) in [5.41, 5.74) is 0.944. The second-order valence-electron chi connectivity index (χ2n) is 7.85. The molecular formula is C23H32F3NO6. The largest absolute Gasteiger partial charge is 0.494 e. The number of unbranched alkanes of at least 4 members (excludes halogenated alkanes) is 4. The number of rotatable bonds is 13. The van der Waals surface area contributed by atoms with Crippen molar-refractivity contribution in [2.24, 2.45) is 0 Å². The normalized spacial score (nSPS) is 17.0. The third kappa shape index (κ3) is 10.5. The molecule has 186 valence electrons. The zero-order chi connectivity index (χ0) is 24.1. The van der Waals surface area contributed by atoms with E-state index in [4.69, 9.17) is 14.2 Å². The van der Waals surface area contributed by atoms with E-state index in [0.717, 1.165) is 50.0 Å². The highest BCUT2D eigenvalue weighted by molar-refractivity contribution is 5.88. The van der Waals surface area contributed by atoms with E-state index in [9.17, 15) is 22.8 Å². The summed E-state index contributed by atoms with van der Waals surface area (Å²) in [6.07, 6.45) is -0.203. The maximum atomic E-state index is 12.2. The van der Waals surface area contributed by atoms with E-state index in [1.807, 2.05) is 29.2 Å². The van der Waals surface area contributed by atoms with Gasteiger partial charge in [0.25, 0.3) is 0 Å². The Balaban J connectivity index is 1.68. The molecule has 33 heavy (non-hydrogen) atoms. The number of hydrogen-bond donors (Lipinski definition) is 0. The van der Waals surface area contributed by atoms with Gasteiger partial charge in [-0.3, -0.25) is 9.69 Å². The molecule has 0 bridgehead atoms. The number of alkyl halides is 3. The van der Waals surface area contributed by atoms with Gasteiger partial charge in [0, 0.05) is 33.4 Å². The molecule has 1 aromatic carbocycles. The summed E-state index contributed by atoms with van der Waals surface area (Å²) in [7, 11) is 1.71. The number of ether oxygens (including phenoxy) is 4. The predicted molar refractivity (Wildman–Crippen MR) is 114 cm³/mol. The highest BCUT2D eigenvalue weighted by atomic mass is 19.4. The van der Waals surface area contributed by atoms with Crippen molar-refractivity contribution < 1.29 is 41.7 Å². The summed E-state index contributed by atoms with van der Waals surface area (Å²) >= 11 is 0. The van der Waals surface area contributed by atoms with Gasteiger partial charge in [0.05, 0.1) is 25.7 Å². The highest BCUT2D eigenvalue weighted by Crippen LogP contribution is 2.25. The van der Waals surface area contributed by atoms with Crippen molar-refractivity contribution in [2.75, 3.05) is 46.6 Å². The van der Waals surface area contributed by atoms with E-state index in [0.29, 0.717) is 26.3 Å². The lowest BCUT2D eigenvalue weighted by molar-refractivity contribution is -0.202. The Morgan fingerprint density at radius 3 is 2.39 bits per heavy atom. The maximum absolute atomic E-state index is 12.2. The molecule has 1 aliphatic rings. The smallest absolute Gasteiger partial charge is 0.491 e. The van der Waals surface area contributed by atoms with Crippen LogP contribution in [0.3, 0.4) is 0 Å². The number of carbonyl (C=O) groups is 2. The van der Waals surface area contributed by atoms with Gasteiger partial charge in [-0.1, -0.05) is 31.4 Å². The molecule has 1 fully saturated rings. The lowest BCUT2D eigenvalue weighted by atomic mass is 10.1. The van der Waals surface area contributed by atoms with E-state index in [1.165, 1.54) is 0 Å². The minimum Gasteiger partial charge on any atom is -0.494 e. The molecule has 1 atom stereocenters. The molecular weight excluding hydrogens is 443 g/mol. The van der Waals surface area contributed by atoms with Gasteiger partial charge in [-0.2, -0.15) is 13.2 Å². The SMILES string of the molecule is COCCCCCCCOc1ccc(C2CN(CCC(=O)OC(=O)C(F)(F)F)CCO2)cc1. The van der Waals surface area contributed by atoms with Crippen LogP contribution in [-0.2, 0) is 23.8 Å². The highest BCUT2D eigenvalue weighted by Gasteiger charge is 2.42. The Bertz CT molecular complexity index is 726. The Hall–Kier alpha value is -2.17. The minimum atomic E-state index is -5.18.